The molecule has 0 aromatic carbocycles. The molecule has 1 aromatic rings. The van der Waals surface area contributed by atoms with Crippen molar-refractivity contribution >= 4 is 33.2 Å². The maximum absolute atomic E-state index is 10.6. The minimum Gasteiger partial charge on any atom is -0.478 e. The van der Waals surface area contributed by atoms with E-state index in [1.54, 1.807) is 10.8 Å². The smallest absolute Gasteiger partial charge is 0.337 e. The Labute approximate surface area is 88.7 Å². The first kappa shape index (κ1) is 10.3. The molecule has 0 saturated carbocycles. The summed E-state index contributed by atoms with van der Waals surface area (Å²) in [7, 11) is 0. The molecule has 0 aliphatic rings. The van der Waals surface area contributed by atoms with Gasteiger partial charge in [0.2, 0.25) is 0 Å². The maximum Gasteiger partial charge on any atom is 0.337 e. The summed E-state index contributed by atoms with van der Waals surface area (Å²) < 4.78 is 0. The molecule has 1 N–H and O–H groups in total. The molecule has 1 rings (SSSR count). The van der Waals surface area contributed by atoms with Crippen LogP contribution in [-0.2, 0) is 0 Å². The molecule has 0 amide bonds. The number of hydrogen-bond donors (Lipinski definition) is 1. The van der Waals surface area contributed by atoms with Gasteiger partial charge in [0, 0.05) is 28.1 Å². The summed E-state index contributed by atoms with van der Waals surface area (Å²) >= 11 is 4.60. The first-order chi connectivity index (χ1) is 6.25. The topological polar surface area (TPSA) is 37.3 Å². The molecule has 0 unspecified atom stereocenters. The number of rotatable bonds is 2. The van der Waals surface area contributed by atoms with Crippen LogP contribution >= 0.6 is 27.3 Å². The Morgan fingerprint density at radius 3 is 3.00 bits per heavy atom. The summed E-state index contributed by atoms with van der Waals surface area (Å²) in [4.78, 5) is 10.6. The first-order valence-corrected chi connectivity index (χ1v) is 5.66. The third-order valence-electron chi connectivity index (χ3n) is 1.33. The van der Waals surface area contributed by atoms with Gasteiger partial charge in [0.15, 0.2) is 0 Å². The van der Waals surface area contributed by atoms with E-state index in [4.69, 9.17) is 5.11 Å². The quantitative estimate of drug-likeness (QED) is 0.654. The van der Waals surface area contributed by atoms with Crippen molar-refractivity contribution in [3.8, 4) is 11.8 Å². The number of hydrogen-bond acceptors (Lipinski definition) is 2. The van der Waals surface area contributed by atoms with Crippen LogP contribution in [0, 0.1) is 11.8 Å². The predicted octanol–water partition coefficient (Wildman–Crippen LogP) is 2.58. The van der Waals surface area contributed by atoms with Crippen molar-refractivity contribution < 1.29 is 9.90 Å². The number of thiophene rings is 1. The molecule has 4 heteroatoms. The van der Waals surface area contributed by atoms with E-state index >= 15 is 0 Å². The number of aromatic carboxylic acids is 1. The molecule has 1 aromatic heterocycles. The third kappa shape index (κ3) is 2.87. The highest BCUT2D eigenvalue weighted by Gasteiger charge is 2.08. The van der Waals surface area contributed by atoms with Crippen molar-refractivity contribution in [2.75, 3.05) is 5.33 Å². The second-order valence-corrected chi connectivity index (χ2v) is 3.78. The zero-order valence-corrected chi connectivity index (χ0v) is 9.11. The van der Waals surface area contributed by atoms with Crippen LogP contribution in [0.25, 0.3) is 0 Å². The van der Waals surface area contributed by atoms with Crippen molar-refractivity contribution in [1.29, 1.82) is 0 Å². The Morgan fingerprint density at radius 2 is 2.38 bits per heavy atom. The van der Waals surface area contributed by atoms with Gasteiger partial charge in [0.25, 0.3) is 0 Å². The lowest BCUT2D eigenvalue weighted by atomic mass is 10.2. The highest BCUT2D eigenvalue weighted by atomic mass is 79.9. The van der Waals surface area contributed by atoms with Gasteiger partial charge in [0.05, 0.1) is 5.56 Å². The molecule has 0 saturated heterocycles. The van der Waals surface area contributed by atoms with E-state index in [2.05, 4.69) is 27.8 Å². The fraction of sp³-hybridized carbons (Fsp3) is 0.222. The number of carboxylic acids is 1. The van der Waals surface area contributed by atoms with Crippen LogP contribution < -0.4 is 0 Å². The van der Waals surface area contributed by atoms with Gasteiger partial charge in [-0.25, -0.2) is 4.79 Å². The summed E-state index contributed by atoms with van der Waals surface area (Å²) in [5.74, 6) is 4.79. The van der Waals surface area contributed by atoms with Crippen LogP contribution in [0.5, 0.6) is 0 Å². The van der Waals surface area contributed by atoms with E-state index in [0.717, 1.165) is 11.8 Å². The number of alkyl halides is 1. The van der Waals surface area contributed by atoms with E-state index in [1.165, 1.54) is 11.3 Å². The minimum absolute atomic E-state index is 0.298. The minimum atomic E-state index is -0.913. The fourth-order valence-corrected chi connectivity index (χ4v) is 1.72. The van der Waals surface area contributed by atoms with Crippen molar-refractivity contribution in [2.24, 2.45) is 0 Å². The van der Waals surface area contributed by atoms with Gasteiger partial charge in [-0.15, -0.1) is 0 Å². The predicted molar refractivity (Wildman–Crippen MR) is 56.6 cm³/mol. The third-order valence-corrected chi connectivity index (χ3v) is 2.47. The van der Waals surface area contributed by atoms with E-state index in [9.17, 15) is 4.79 Å². The molecular formula is C9H7BrO2S. The first-order valence-electron chi connectivity index (χ1n) is 3.60. The molecule has 0 aliphatic carbocycles. The Balaban J connectivity index is 2.84. The fourth-order valence-electron chi connectivity index (χ4n) is 0.764. The van der Waals surface area contributed by atoms with Gasteiger partial charge in [-0.2, -0.15) is 11.3 Å². The lowest BCUT2D eigenvalue weighted by Crippen LogP contribution is -1.95. The maximum atomic E-state index is 10.6. The van der Waals surface area contributed by atoms with Crippen LogP contribution in [0.2, 0.25) is 0 Å². The average Bonchev–Trinajstić information content (AvgIpc) is 2.53. The van der Waals surface area contributed by atoms with Crippen molar-refractivity contribution in [3.63, 3.8) is 0 Å². The zero-order valence-electron chi connectivity index (χ0n) is 6.71. The molecular weight excluding hydrogens is 252 g/mol. The van der Waals surface area contributed by atoms with E-state index in [1.807, 2.05) is 0 Å². The van der Waals surface area contributed by atoms with E-state index in [0.29, 0.717) is 11.1 Å². The van der Waals surface area contributed by atoms with Gasteiger partial charge in [-0.1, -0.05) is 27.8 Å². The molecule has 13 heavy (non-hydrogen) atoms. The Hall–Kier alpha value is -0.790. The summed E-state index contributed by atoms with van der Waals surface area (Å²) in [5.41, 5.74) is 0.908. The average molecular weight is 259 g/mol. The lowest BCUT2D eigenvalue weighted by Gasteiger charge is -1.87. The number of halogens is 1. The van der Waals surface area contributed by atoms with Crippen LogP contribution in [0.3, 0.4) is 0 Å². The van der Waals surface area contributed by atoms with Crippen molar-refractivity contribution in [1.82, 2.24) is 0 Å². The summed E-state index contributed by atoms with van der Waals surface area (Å²) in [6, 6.07) is 0. The zero-order chi connectivity index (χ0) is 9.68. The van der Waals surface area contributed by atoms with Gasteiger partial charge in [0.1, 0.15) is 0 Å². The summed E-state index contributed by atoms with van der Waals surface area (Å²) in [6.07, 6.45) is 0.731. The lowest BCUT2D eigenvalue weighted by molar-refractivity contribution is 0.0697. The molecule has 0 fully saturated rings. The second-order valence-electron chi connectivity index (χ2n) is 2.25. The van der Waals surface area contributed by atoms with Crippen LogP contribution in [-0.4, -0.2) is 16.4 Å². The highest BCUT2D eigenvalue weighted by molar-refractivity contribution is 9.09. The van der Waals surface area contributed by atoms with Crippen molar-refractivity contribution in [2.45, 2.75) is 6.42 Å². The van der Waals surface area contributed by atoms with Gasteiger partial charge in [-0.3, -0.25) is 0 Å². The SMILES string of the molecule is O=C(O)c1cscc1C#CCCBr. The van der Waals surface area contributed by atoms with E-state index in [-0.39, 0.29) is 0 Å². The molecule has 0 atom stereocenters. The monoisotopic (exact) mass is 258 g/mol. The standard InChI is InChI=1S/C9H7BrO2S/c10-4-2-1-3-7-5-13-6-8(7)9(11)12/h5-6H,2,4H2,(H,11,12). The molecule has 2 nitrogen and oxygen atoms in total. The van der Waals surface area contributed by atoms with Crippen LogP contribution in [0.1, 0.15) is 22.3 Å². The number of carboxylic acid groups (broad SMARTS) is 1. The molecule has 0 radical (unpaired) electrons. The number of carbonyl (C=O) groups is 1. The largest absolute Gasteiger partial charge is 0.478 e. The summed E-state index contributed by atoms with van der Waals surface area (Å²) in [5, 5.41) is 12.9. The molecule has 1 heterocycles. The van der Waals surface area contributed by atoms with E-state index < -0.39 is 5.97 Å². The Morgan fingerprint density at radius 1 is 1.62 bits per heavy atom. The molecule has 0 bridgehead atoms. The normalized spacial score (nSPS) is 9.00. The molecule has 68 valence electrons. The summed E-state index contributed by atoms with van der Waals surface area (Å²) in [6.45, 7) is 0. The molecule has 0 aliphatic heterocycles. The van der Waals surface area contributed by atoms with Crippen LogP contribution in [0.15, 0.2) is 10.8 Å². The second kappa shape index (κ2) is 5.05. The van der Waals surface area contributed by atoms with Gasteiger partial charge >= 0.3 is 5.97 Å². The van der Waals surface area contributed by atoms with Crippen LogP contribution in [0.4, 0.5) is 0 Å². The van der Waals surface area contributed by atoms with Gasteiger partial charge < -0.3 is 5.11 Å². The van der Waals surface area contributed by atoms with Gasteiger partial charge in [-0.05, 0) is 0 Å². The Kier molecular flexibility index (Phi) is 4.00. The highest BCUT2D eigenvalue weighted by Crippen LogP contribution is 2.13. The Bertz CT molecular complexity index is 359. The van der Waals surface area contributed by atoms with Crippen molar-refractivity contribution in [3.05, 3.63) is 21.9 Å². The molecule has 0 spiro atoms.